The van der Waals surface area contributed by atoms with Gasteiger partial charge in [0.05, 0.1) is 21.3 Å². The van der Waals surface area contributed by atoms with E-state index in [1.807, 2.05) is 0 Å². The van der Waals surface area contributed by atoms with Crippen LogP contribution < -0.4 is 0 Å². The van der Waals surface area contributed by atoms with Gasteiger partial charge in [0, 0.05) is 0 Å². The maximum atomic E-state index is 12.3. The summed E-state index contributed by atoms with van der Waals surface area (Å²) in [7, 11) is -7.54. The molecule has 108 valence electrons. The molecule has 0 bridgehead atoms. The Bertz CT molecular complexity index is 741. The summed E-state index contributed by atoms with van der Waals surface area (Å²) in [6.45, 7) is 10.3. The molecule has 0 spiro atoms. The molecule has 0 N–H and O–H groups in total. The van der Waals surface area contributed by atoms with Gasteiger partial charge in [-0.1, -0.05) is 36.9 Å². The summed E-state index contributed by atoms with van der Waals surface area (Å²) in [4.78, 5) is -0.451. The van der Waals surface area contributed by atoms with Crippen molar-refractivity contribution >= 4 is 25.8 Å². The van der Waals surface area contributed by atoms with Gasteiger partial charge in [-0.2, -0.15) is 0 Å². The number of benzene rings is 1. The van der Waals surface area contributed by atoms with Gasteiger partial charge in [0.25, 0.3) is 0 Å². The van der Waals surface area contributed by atoms with Gasteiger partial charge in [0.2, 0.25) is 0 Å². The minimum atomic E-state index is -3.79. The molecule has 0 radical (unpaired) electrons. The van der Waals surface area contributed by atoms with Crippen LogP contribution in [0.3, 0.4) is 0 Å². The second kappa shape index (κ2) is 6.19. The van der Waals surface area contributed by atoms with Crippen molar-refractivity contribution in [2.45, 2.75) is 9.79 Å². The van der Waals surface area contributed by atoms with Crippen molar-refractivity contribution in [2.24, 2.45) is 0 Å². The van der Waals surface area contributed by atoms with E-state index < -0.39 is 19.7 Å². The van der Waals surface area contributed by atoms with E-state index in [4.69, 9.17) is 0 Å². The lowest BCUT2D eigenvalue weighted by Gasteiger charge is -2.12. The van der Waals surface area contributed by atoms with Gasteiger partial charge < -0.3 is 0 Å². The minimum Gasteiger partial charge on any atom is -0.223 e. The lowest BCUT2D eigenvalue weighted by Crippen LogP contribution is -2.15. The van der Waals surface area contributed by atoms with Crippen LogP contribution in [0.1, 0.15) is 5.56 Å². The van der Waals surface area contributed by atoms with Gasteiger partial charge in [-0.15, -0.1) is 13.2 Å². The Hall–Kier alpha value is -1.66. The zero-order chi connectivity index (χ0) is 15.4. The fourth-order valence-electron chi connectivity index (χ4n) is 1.75. The fraction of sp³-hybridized carbons (Fsp3) is 0.143. The van der Waals surface area contributed by atoms with Crippen molar-refractivity contribution in [2.75, 3.05) is 11.5 Å². The molecular weight excluding hydrogens is 296 g/mol. The molecule has 20 heavy (non-hydrogen) atoms. The Morgan fingerprint density at radius 3 is 1.95 bits per heavy atom. The fourth-order valence-corrected chi connectivity index (χ4v) is 5.05. The molecule has 0 atom stereocenters. The van der Waals surface area contributed by atoms with Crippen molar-refractivity contribution in [1.82, 2.24) is 0 Å². The molecule has 0 aliphatic rings. The third kappa shape index (κ3) is 3.26. The summed E-state index contributed by atoms with van der Waals surface area (Å²) < 4.78 is 48.9. The Morgan fingerprint density at radius 2 is 1.45 bits per heavy atom. The molecule has 1 aromatic carbocycles. The first-order valence-electron chi connectivity index (χ1n) is 5.73. The van der Waals surface area contributed by atoms with Crippen LogP contribution in [0.4, 0.5) is 0 Å². The van der Waals surface area contributed by atoms with Crippen molar-refractivity contribution in [3.8, 4) is 0 Å². The molecule has 0 saturated carbocycles. The molecule has 0 heterocycles. The van der Waals surface area contributed by atoms with Crippen LogP contribution in [0.25, 0.3) is 6.08 Å². The number of rotatable bonds is 7. The van der Waals surface area contributed by atoms with E-state index in [1.54, 1.807) is 0 Å². The van der Waals surface area contributed by atoms with Crippen LogP contribution >= 0.6 is 0 Å². The lowest BCUT2D eigenvalue weighted by atomic mass is 10.2. The highest BCUT2D eigenvalue weighted by Gasteiger charge is 2.27. The van der Waals surface area contributed by atoms with Gasteiger partial charge in [-0.05, 0) is 11.6 Å². The van der Waals surface area contributed by atoms with E-state index in [1.165, 1.54) is 36.4 Å². The van der Waals surface area contributed by atoms with Crippen molar-refractivity contribution in [3.63, 3.8) is 0 Å². The number of sulfone groups is 2. The van der Waals surface area contributed by atoms with Crippen LogP contribution in [-0.4, -0.2) is 28.3 Å². The third-order valence-corrected chi connectivity index (χ3v) is 6.12. The van der Waals surface area contributed by atoms with Crippen molar-refractivity contribution in [1.29, 1.82) is 0 Å². The predicted octanol–water partition coefficient (Wildman–Crippen LogP) is 2.25. The summed E-state index contributed by atoms with van der Waals surface area (Å²) in [5.74, 6) is -0.668. The van der Waals surface area contributed by atoms with Crippen molar-refractivity contribution < 1.29 is 16.8 Å². The second-order valence-electron chi connectivity index (χ2n) is 4.02. The lowest BCUT2D eigenvalue weighted by molar-refractivity contribution is 0.585. The highest BCUT2D eigenvalue weighted by molar-refractivity contribution is 7.94. The normalized spacial score (nSPS) is 11.8. The molecule has 0 fully saturated rings. The van der Waals surface area contributed by atoms with E-state index >= 15 is 0 Å². The zero-order valence-electron chi connectivity index (χ0n) is 10.9. The Morgan fingerprint density at radius 1 is 0.900 bits per heavy atom. The first-order valence-corrected chi connectivity index (χ1v) is 9.03. The molecule has 0 aliphatic heterocycles. The molecule has 0 saturated heterocycles. The minimum absolute atomic E-state index is 0.225. The monoisotopic (exact) mass is 312 g/mol. The Labute approximate surface area is 120 Å². The molecule has 0 unspecified atom stereocenters. The molecule has 1 rings (SSSR count). The summed E-state index contributed by atoms with van der Waals surface area (Å²) in [6, 6.07) is 4.28. The molecule has 4 nitrogen and oxygen atoms in total. The van der Waals surface area contributed by atoms with Crippen molar-refractivity contribution in [3.05, 3.63) is 55.7 Å². The standard InChI is InChI=1S/C14H16O4S2/c1-4-10-19(15,16)13-9-7-8-12(6-3)14(13)20(17,18)11-5-2/h4-9H,1-3,10-11H2. The van der Waals surface area contributed by atoms with Crippen LogP contribution in [0.5, 0.6) is 0 Å². The maximum absolute atomic E-state index is 12.3. The molecule has 0 amide bonds. The van der Waals surface area contributed by atoms with Gasteiger partial charge in [-0.3, -0.25) is 0 Å². The maximum Gasteiger partial charge on any atom is 0.183 e. The molecule has 0 aromatic heterocycles. The molecule has 1 aromatic rings. The van der Waals surface area contributed by atoms with Crippen LogP contribution in [0.15, 0.2) is 59.9 Å². The largest absolute Gasteiger partial charge is 0.223 e. The van der Waals surface area contributed by atoms with Crippen LogP contribution in [0.2, 0.25) is 0 Å². The summed E-state index contributed by atoms with van der Waals surface area (Å²) >= 11 is 0. The number of hydrogen-bond donors (Lipinski definition) is 0. The highest BCUT2D eigenvalue weighted by Crippen LogP contribution is 2.28. The Balaban J connectivity index is 3.76. The Kier molecular flexibility index (Phi) is 5.08. The second-order valence-corrected chi connectivity index (χ2v) is 7.99. The van der Waals surface area contributed by atoms with Gasteiger partial charge in [0.1, 0.15) is 0 Å². The molecular formula is C14H16O4S2. The van der Waals surface area contributed by atoms with E-state index in [9.17, 15) is 16.8 Å². The quantitative estimate of drug-likeness (QED) is 0.724. The highest BCUT2D eigenvalue weighted by atomic mass is 32.2. The van der Waals surface area contributed by atoms with E-state index in [0.29, 0.717) is 0 Å². The molecule has 0 aliphatic carbocycles. The summed E-state index contributed by atoms with van der Waals surface area (Å²) in [5, 5.41) is 0. The van der Waals surface area contributed by atoms with E-state index in [-0.39, 0.29) is 26.9 Å². The summed E-state index contributed by atoms with van der Waals surface area (Å²) in [5.41, 5.74) is 0.261. The number of hydrogen-bond acceptors (Lipinski definition) is 4. The zero-order valence-corrected chi connectivity index (χ0v) is 12.6. The topological polar surface area (TPSA) is 68.3 Å². The average Bonchev–Trinajstić information content (AvgIpc) is 2.37. The predicted molar refractivity (Wildman–Crippen MR) is 81.0 cm³/mol. The van der Waals surface area contributed by atoms with Gasteiger partial charge in [-0.25, -0.2) is 16.8 Å². The van der Waals surface area contributed by atoms with E-state index in [2.05, 4.69) is 19.7 Å². The van der Waals surface area contributed by atoms with Gasteiger partial charge >= 0.3 is 0 Å². The first kappa shape index (κ1) is 16.4. The van der Waals surface area contributed by atoms with Crippen LogP contribution in [-0.2, 0) is 19.7 Å². The average molecular weight is 312 g/mol. The SMILES string of the molecule is C=CCS(=O)(=O)c1cccc(C=C)c1S(=O)(=O)CC=C. The smallest absolute Gasteiger partial charge is 0.183 e. The van der Waals surface area contributed by atoms with Gasteiger partial charge in [0.15, 0.2) is 19.7 Å². The van der Waals surface area contributed by atoms with E-state index in [0.717, 1.165) is 0 Å². The first-order chi connectivity index (χ1) is 9.30. The third-order valence-electron chi connectivity index (χ3n) is 2.55. The molecule has 6 heteroatoms. The summed E-state index contributed by atoms with van der Waals surface area (Å²) in [6.07, 6.45) is 3.77. The van der Waals surface area contributed by atoms with Crippen LogP contribution in [0, 0.1) is 0 Å².